The highest BCUT2D eigenvalue weighted by molar-refractivity contribution is 7.10. The van der Waals surface area contributed by atoms with Crippen molar-refractivity contribution in [3.8, 4) is 22.5 Å². The third-order valence-corrected chi connectivity index (χ3v) is 6.26. The highest BCUT2D eigenvalue weighted by atomic mass is 32.1. The largest absolute Gasteiger partial charge is 0.306 e. The number of fused-ring (bicyclic) bond motifs is 1. The summed E-state index contributed by atoms with van der Waals surface area (Å²) >= 11 is 1.79. The Kier molecular flexibility index (Phi) is 4.84. The van der Waals surface area contributed by atoms with Crippen molar-refractivity contribution in [2.24, 2.45) is 0 Å². The Morgan fingerprint density at radius 3 is 2.45 bits per heavy atom. The zero-order valence-corrected chi connectivity index (χ0v) is 16.8. The molecule has 0 amide bonds. The number of nitrogens with one attached hydrogen (secondary N) is 1. The first-order valence-corrected chi connectivity index (χ1v) is 10.7. The molecule has 0 radical (unpaired) electrons. The molecule has 0 spiro atoms. The van der Waals surface area contributed by atoms with E-state index in [0.717, 1.165) is 36.3 Å². The van der Waals surface area contributed by atoms with Gasteiger partial charge in [-0.3, -0.25) is 9.69 Å². The molecule has 4 aromatic rings. The van der Waals surface area contributed by atoms with Gasteiger partial charge in [-0.25, -0.2) is 4.98 Å². The van der Waals surface area contributed by atoms with Gasteiger partial charge in [-0.05, 0) is 29.0 Å². The van der Waals surface area contributed by atoms with Crippen LogP contribution in [0, 0.1) is 0 Å². The average Bonchev–Trinajstić information content (AvgIpc) is 3.23. The van der Waals surface area contributed by atoms with Gasteiger partial charge < -0.3 is 4.98 Å². The Balaban J connectivity index is 1.36. The number of hydrogen-bond donors (Lipinski definition) is 1. The Hall–Kier alpha value is -3.02. The maximum atomic E-state index is 12.6. The summed E-state index contributed by atoms with van der Waals surface area (Å²) < 4.78 is 0. The number of benzene rings is 2. The first-order valence-electron chi connectivity index (χ1n) is 9.79. The molecule has 1 aliphatic heterocycles. The second-order valence-electron chi connectivity index (χ2n) is 7.33. The molecule has 29 heavy (non-hydrogen) atoms. The van der Waals surface area contributed by atoms with E-state index in [1.165, 1.54) is 16.0 Å². The van der Waals surface area contributed by atoms with Crippen LogP contribution in [0.4, 0.5) is 0 Å². The van der Waals surface area contributed by atoms with Gasteiger partial charge in [0.05, 0.1) is 5.69 Å². The summed E-state index contributed by atoms with van der Waals surface area (Å²) in [4.78, 5) is 24.0. The lowest BCUT2D eigenvalue weighted by Crippen LogP contribution is -2.34. The quantitative estimate of drug-likeness (QED) is 0.540. The predicted molar refractivity (Wildman–Crippen MR) is 118 cm³/mol. The van der Waals surface area contributed by atoms with E-state index in [2.05, 4.69) is 45.6 Å². The van der Waals surface area contributed by atoms with E-state index in [1.807, 2.05) is 36.4 Å². The van der Waals surface area contributed by atoms with E-state index >= 15 is 0 Å². The van der Waals surface area contributed by atoms with E-state index in [9.17, 15) is 4.79 Å². The van der Waals surface area contributed by atoms with Gasteiger partial charge in [0, 0.05) is 35.6 Å². The van der Waals surface area contributed by atoms with E-state index in [1.54, 1.807) is 11.3 Å². The number of aromatic nitrogens is 2. The molecule has 144 valence electrons. The predicted octanol–water partition coefficient (Wildman–Crippen LogP) is 4.72. The molecule has 1 aliphatic rings. The van der Waals surface area contributed by atoms with Crippen LogP contribution in [0.2, 0.25) is 0 Å². The van der Waals surface area contributed by atoms with Crippen LogP contribution in [0.25, 0.3) is 22.5 Å². The van der Waals surface area contributed by atoms with Crippen molar-refractivity contribution in [2.45, 2.75) is 19.5 Å². The van der Waals surface area contributed by atoms with Gasteiger partial charge in [0.15, 0.2) is 0 Å². The van der Waals surface area contributed by atoms with Gasteiger partial charge in [0.2, 0.25) is 0 Å². The SMILES string of the molecule is O=c1[nH]c(-c2ccccc2)nc2c1CCN(Cc1cc(-c3ccccc3)cs1)C2. The van der Waals surface area contributed by atoms with Crippen LogP contribution in [0.5, 0.6) is 0 Å². The summed E-state index contributed by atoms with van der Waals surface area (Å²) in [6, 6.07) is 22.6. The van der Waals surface area contributed by atoms with Crippen molar-refractivity contribution in [3.63, 3.8) is 0 Å². The van der Waals surface area contributed by atoms with Crippen molar-refractivity contribution in [1.29, 1.82) is 0 Å². The summed E-state index contributed by atoms with van der Waals surface area (Å²) in [5.41, 5.74) is 5.19. The number of rotatable bonds is 4. The fourth-order valence-corrected chi connectivity index (χ4v) is 4.76. The van der Waals surface area contributed by atoms with Crippen molar-refractivity contribution in [2.75, 3.05) is 6.54 Å². The minimum atomic E-state index is -0.00371. The van der Waals surface area contributed by atoms with Gasteiger partial charge in [-0.2, -0.15) is 0 Å². The molecule has 1 N–H and O–H groups in total. The van der Waals surface area contributed by atoms with Crippen LogP contribution in [-0.2, 0) is 19.5 Å². The number of aromatic amines is 1. The van der Waals surface area contributed by atoms with Gasteiger partial charge >= 0.3 is 0 Å². The normalized spacial score (nSPS) is 13.9. The highest BCUT2D eigenvalue weighted by Crippen LogP contribution is 2.27. The van der Waals surface area contributed by atoms with Crippen LogP contribution >= 0.6 is 11.3 Å². The average molecular weight is 400 g/mol. The zero-order chi connectivity index (χ0) is 19.6. The second kappa shape index (κ2) is 7.78. The molecule has 3 heterocycles. The highest BCUT2D eigenvalue weighted by Gasteiger charge is 2.22. The monoisotopic (exact) mass is 399 g/mol. The fraction of sp³-hybridized carbons (Fsp3) is 0.167. The number of thiophene rings is 1. The molecular formula is C24H21N3OS. The van der Waals surface area contributed by atoms with Gasteiger partial charge in [0.25, 0.3) is 5.56 Å². The van der Waals surface area contributed by atoms with Gasteiger partial charge in [-0.15, -0.1) is 11.3 Å². The minimum Gasteiger partial charge on any atom is -0.306 e. The summed E-state index contributed by atoms with van der Waals surface area (Å²) in [6.45, 7) is 2.46. The van der Waals surface area contributed by atoms with Crippen LogP contribution in [0.15, 0.2) is 76.9 Å². The summed E-state index contributed by atoms with van der Waals surface area (Å²) in [6.07, 6.45) is 0.740. The standard InChI is InChI=1S/C24H21N3OS/c28-24-21-11-12-27(14-20-13-19(16-29-20)17-7-3-1-4-8-17)15-22(21)25-23(26-24)18-9-5-2-6-10-18/h1-10,13,16H,11-12,14-15H2,(H,25,26,28). The number of nitrogens with zero attached hydrogens (tertiary/aromatic N) is 2. The van der Waals surface area contributed by atoms with Crippen LogP contribution < -0.4 is 5.56 Å². The van der Waals surface area contributed by atoms with E-state index in [4.69, 9.17) is 4.98 Å². The summed E-state index contributed by atoms with van der Waals surface area (Å²) in [7, 11) is 0. The number of hydrogen-bond acceptors (Lipinski definition) is 4. The second-order valence-corrected chi connectivity index (χ2v) is 8.33. The molecule has 0 bridgehead atoms. The lowest BCUT2D eigenvalue weighted by Gasteiger charge is -2.27. The van der Waals surface area contributed by atoms with Crippen molar-refractivity contribution >= 4 is 11.3 Å². The Morgan fingerprint density at radius 1 is 0.966 bits per heavy atom. The molecule has 5 heteroatoms. The lowest BCUT2D eigenvalue weighted by molar-refractivity contribution is 0.243. The molecule has 0 unspecified atom stereocenters. The van der Waals surface area contributed by atoms with Crippen molar-refractivity contribution in [3.05, 3.63) is 98.6 Å². The molecule has 2 aromatic carbocycles. The fourth-order valence-electron chi connectivity index (χ4n) is 3.83. The van der Waals surface area contributed by atoms with Crippen LogP contribution in [0.3, 0.4) is 0 Å². The molecule has 0 saturated carbocycles. The summed E-state index contributed by atoms with van der Waals surface area (Å²) in [5.74, 6) is 0.652. The molecule has 0 saturated heterocycles. The lowest BCUT2D eigenvalue weighted by atomic mass is 10.1. The first-order chi connectivity index (χ1) is 14.3. The molecule has 4 nitrogen and oxygen atoms in total. The first kappa shape index (κ1) is 18.0. The Labute approximate surface area is 173 Å². The van der Waals surface area contributed by atoms with Crippen molar-refractivity contribution < 1.29 is 0 Å². The maximum absolute atomic E-state index is 12.6. The number of H-pyrrole nitrogens is 1. The van der Waals surface area contributed by atoms with Gasteiger partial charge in [0.1, 0.15) is 5.82 Å². The summed E-state index contributed by atoms with van der Waals surface area (Å²) in [5, 5.41) is 2.22. The van der Waals surface area contributed by atoms with Gasteiger partial charge in [-0.1, -0.05) is 60.7 Å². The zero-order valence-electron chi connectivity index (χ0n) is 16.0. The third-order valence-electron chi connectivity index (χ3n) is 5.34. The van der Waals surface area contributed by atoms with Crippen LogP contribution in [-0.4, -0.2) is 21.4 Å². The molecule has 0 atom stereocenters. The Morgan fingerprint density at radius 2 is 1.69 bits per heavy atom. The molecular weight excluding hydrogens is 378 g/mol. The molecule has 0 aliphatic carbocycles. The maximum Gasteiger partial charge on any atom is 0.254 e. The van der Waals surface area contributed by atoms with E-state index < -0.39 is 0 Å². The van der Waals surface area contributed by atoms with E-state index in [0.29, 0.717) is 12.4 Å². The Bertz CT molecular complexity index is 1180. The smallest absolute Gasteiger partial charge is 0.254 e. The van der Waals surface area contributed by atoms with Crippen LogP contribution in [0.1, 0.15) is 16.1 Å². The van der Waals surface area contributed by atoms with E-state index in [-0.39, 0.29) is 5.56 Å². The van der Waals surface area contributed by atoms with Crippen molar-refractivity contribution in [1.82, 2.24) is 14.9 Å². The molecule has 0 fully saturated rings. The minimum absolute atomic E-state index is 0.00371. The topological polar surface area (TPSA) is 49.0 Å². The third kappa shape index (κ3) is 3.79. The molecule has 5 rings (SSSR count). The molecule has 2 aromatic heterocycles.